The van der Waals surface area contributed by atoms with Gasteiger partial charge < -0.3 is 15.4 Å². The Labute approximate surface area is 176 Å². The van der Waals surface area contributed by atoms with E-state index in [4.69, 9.17) is 4.74 Å². The van der Waals surface area contributed by atoms with Crippen LogP contribution in [-0.2, 0) is 11.3 Å². The number of hydrogen-bond acceptors (Lipinski definition) is 4. The van der Waals surface area contributed by atoms with Crippen LogP contribution in [0.5, 0.6) is 0 Å². The van der Waals surface area contributed by atoms with E-state index in [2.05, 4.69) is 25.8 Å². The summed E-state index contributed by atoms with van der Waals surface area (Å²) in [4.78, 5) is 4.45. The van der Waals surface area contributed by atoms with Gasteiger partial charge in [-0.25, -0.2) is 0 Å². The molecule has 0 bridgehead atoms. The van der Waals surface area contributed by atoms with Gasteiger partial charge in [0.2, 0.25) is 0 Å². The highest BCUT2D eigenvalue weighted by Gasteiger charge is 2.65. The van der Waals surface area contributed by atoms with Crippen LogP contribution in [-0.4, -0.2) is 46.4 Å². The zero-order valence-electron chi connectivity index (χ0n) is 15.6. The fourth-order valence-electron chi connectivity index (χ4n) is 5.42. The number of nitrogens with one attached hydrogen (secondary N) is 2. The number of aromatic nitrogens is 3. The highest BCUT2D eigenvalue weighted by Crippen LogP contribution is 2.60. The van der Waals surface area contributed by atoms with Crippen molar-refractivity contribution in [3.8, 4) is 0 Å². The summed E-state index contributed by atoms with van der Waals surface area (Å²) in [7, 11) is 1.83. The first kappa shape index (κ1) is 18.9. The zero-order chi connectivity index (χ0) is 17.6. The number of halogens is 1. The Morgan fingerprint density at radius 2 is 2.19 bits per heavy atom. The summed E-state index contributed by atoms with van der Waals surface area (Å²) in [5, 5.41) is 15.6. The molecule has 2 aliphatic carbocycles. The average molecular weight is 482 g/mol. The van der Waals surface area contributed by atoms with E-state index in [9.17, 15) is 0 Å². The van der Waals surface area contributed by atoms with E-state index < -0.39 is 0 Å². The molecule has 1 saturated heterocycles. The van der Waals surface area contributed by atoms with Gasteiger partial charge in [-0.1, -0.05) is 18.9 Å². The molecule has 2 aromatic heterocycles. The molecule has 2 saturated carbocycles. The molecule has 1 aliphatic heterocycles. The van der Waals surface area contributed by atoms with Gasteiger partial charge in [0.25, 0.3) is 0 Å². The van der Waals surface area contributed by atoms with E-state index in [0.717, 1.165) is 30.5 Å². The Bertz CT molecular complexity index is 830. The summed E-state index contributed by atoms with van der Waals surface area (Å²) in [5.41, 5.74) is 1.18. The summed E-state index contributed by atoms with van der Waals surface area (Å²) in [6.07, 6.45) is 8.81. The molecule has 8 heteroatoms. The van der Waals surface area contributed by atoms with Crippen molar-refractivity contribution in [3.63, 3.8) is 0 Å². The standard InChI is InChI=1S/C19H26N6O.HI/c1-20-18(21-12-15-24-23-14-6-2-5-10-25(14)15)22-16-13-7-11-26-17(13)19(16)8-3-4-9-19;/h2,5-6,10,13,16-17H,3-4,7-9,11-12H2,1H3,(H2,20,21,22);1H. The fraction of sp³-hybridized carbons (Fsp3) is 0.632. The summed E-state index contributed by atoms with van der Waals surface area (Å²) in [6, 6.07) is 6.39. The van der Waals surface area contributed by atoms with Crippen molar-refractivity contribution in [2.45, 2.75) is 50.8 Å². The number of aliphatic imine (C=N–C) groups is 1. The topological polar surface area (TPSA) is 75.8 Å². The van der Waals surface area contributed by atoms with E-state index in [1.54, 1.807) is 0 Å². The molecule has 146 valence electrons. The summed E-state index contributed by atoms with van der Waals surface area (Å²) < 4.78 is 8.08. The molecule has 1 spiro atoms. The van der Waals surface area contributed by atoms with Crippen LogP contribution in [0.3, 0.4) is 0 Å². The molecule has 2 N–H and O–H groups in total. The lowest BCUT2D eigenvalue weighted by Crippen LogP contribution is -2.69. The van der Waals surface area contributed by atoms with Crippen molar-refractivity contribution >= 4 is 35.6 Å². The predicted molar refractivity (Wildman–Crippen MR) is 114 cm³/mol. The third-order valence-corrected chi connectivity index (χ3v) is 6.60. The second kappa shape index (κ2) is 7.54. The molecule has 3 atom stereocenters. The van der Waals surface area contributed by atoms with Crippen LogP contribution in [0.2, 0.25) is 0 Å². The van der Waals surface area contributed by atoms with Gasteiger partial charge in [-0.15, -0.1) is 34.2 Å². The fourth-order valence-corrected chi connectivity index (χ4v) is 5.42. The first-order chi connectivity index (χ1) is 12.8. The minimum absolute atomic E-state index is 0. The predicted octanol–water partition coefficient (Wildman–Crippen LogP) is 2.36. The van der Waals surface area contributed by atoms with Crippen molar-refractivity contribution < 1.29 is 4.74 Å². The maximum absolute atomic E-state index is 6.08. The molecule has 27 heavy (non-hydrogen) atoms. The van der Waals surface area contributed by atoms with Gasteiger partial charge >= 0.3 is 0 Å². The first-order valence-corrected chi connectivity index (χ1v) is 9.69. The van der Waals surface area contributed by atoms with E-state index >= 15 is 0 Å². The van der Waals surface area contributed by atoms with E-state index in [1.807, 2.05) is 35.8 Å². The summed E-state index contributed by atoms with van der Waals surface area (Å²) in [5.74, 6) is 2.36. The highest BCUT2D eigenvalue weighted by molar-refractivity contribution is 14.0. The SMILES string of the molecule is CN=C(NCc1nnc2ccccn12)NC1C2CCOC2C12CCCC2.I. The molecule has 7 nitrogen and oxygen atoms in total. The minimum Gasteiger partial charge on any atom is -0.377 e. The molecule has 0 radical (unpaired) electrons. The maximum atomic E-state index is 6.08. The molecule has 0 amide bonds. The molecule has 2 aromatic rings. The summed E-state index contributed by atoms with van der Waals surface area (Å²) >= 11 is 0. The van der Waals surface area contributed by atoms with Gasteiger partial charge in [0.15, 0.2) is 17.4 Å². The highest BCUT2D eigenvalue weighted by atomic mass is 127. The van der Waals surface area contributed by atoms with Crippen LogP contribution in [0.4, 0.5) is 0 Å². The number of ether oxygens (including phenoxy) is 1. The number of guanidine groups is 1. The Hall–Kier alpha value is -1.42. The Kier molecular flexibility index (Phi) is 5.28. The lowest BCUT2D eigenvalue weighted by atomic mass is 9.54. The van der Waals surface area contributed by atoms with E-state index in [1.165, 1.54) is 25.7 Å². The third-order valence-electron chi connectivity index (χ3n) is 6.60. The van der Waals surface area contributed by atoms with Gasteiger partial charge in [-0.2, -0.15) is 0 Å². The van der Waals surface area contributed by atoms with Gasteiger partial charge in [0.05, 0.1) is 12.6 Å². The Balaban J connectivity index is 0.00000180. The van der Waals surface area contributed by atoms with Crippen LogP contribution in [0.25, 0.3) is 5.65 Å². The number of nitrogens with zero attached hydrogens (tertiary/aromatic N) is 4. The van der Waals surface area contributed by atoms with E-state index in [0.29, 0.717) is 30.0 Å². The lowest BCUT2D eigenvalue weighted by Gasteiger charge is -2.57. The largest absolute Gasteiger partial charge is 0.377 e. The Morgan fingerprint density at radius 3 is 3.00 bits per heavy atom. The first-order valence-electron chi connectivity index (χ1n) is 9.69. The number of fused-ring (bicyclic) bond motifs is 3. The van der Waals surface area contributed by atoms with Crippen molar-refractivity contribution in [3.05, 3.63) is 30.2 Å². The van der Waals surface area contributed by atoms with Crippen molar-refractivity contribution in [2.24, 2.45) is 16.3 Å². The van der Waals surface area contributed by atoms with Crippen molar-refractivity contribution in [1.29, 1.82) is 0 Å². The van der Waals surface area contributed by atoms with Gasteiger partial charge in [0, 0.05) is 37.2 Å². The molecular weight excluding hydrogens is 455 g/mol. The van der Waals surface area contributed by atoms with E-state index in [-0.39, 0.29) is 24.0 Å². The lowest BCUT2D eigenvalue weighted by molar-refractivity contribution is -0.125. The molecule has 0 aromatic carbocycles. The number of rotatable bonds is 3. The van der Waals surface area contributed by atoms with Gasteiger partial charge in [0.1, 0.15) is 0 Å². The second-order valence-corrected chi connectivity index (χ2v) is 7.78. The van der Waals surface area contributed by atoms with Crippen molar-refractivity contribution in [1.82, 2.24) is 25.2 Å². The minimum atomic E-state index is 0. The zero-order valence-corrected chi connectivity index (χ0v) is 17.9. The van der Waals surface area contributed by atoms with Crippen LogP contribution < -0.4 is 10.6 Å². The smallest absolute Gasteiger partial charge is 0.191 e. The molecule has 3 heterocycles. The third kappa shape index (κ3) is 3.00. The van der Waals surface area contributed by atoms with Crippen LogP contribution in [0, 0.1) is 11.3 Å². The maximum Gasteiger partial charge on any atom is 0.191 e. The number of hydrogen-bond donors (Lipinski definition) is 2. The molecule has 3 unspecified atom stereocenters. The quantitative estimate of drug-likeness (QED) is 0.399. The molecule has 3 fully saturated rings. The van der Waals surface area contributed by atoms with Gasteiger partial charge in [-0.3, -0.25) is 9.39 Å². The molecule has 3 aliphatic rings. The normalized spacial score (nSPS) is 28.6. The van der Waals surface area contributed by atoms with Crippen LogP contribution in [0.1, 0.15) is 37.9 Å². The van der Waals surface area contributed by atoms with Crippen LogP contribution >= 0.6 is 24.0 Å². The summed E-state index contributed by atoms with van der Waals surface area (Å²) in [6.45, 7) is 1.50. The monoisotopic (exact) mass is 482 g/mol. The average Bonchev–Trinajstić information content (AvgIpc) is 3.40. The van der Waals surface area contributed by atoms with Crippen molar-refractivity contribution in [2.75, 3.05) is 13.7 Å². The Morgan fingerprint density at radius 1 is 1.33 bits per heavy atom. The van der Waals surface area contributed by atoms with Gasteiger partial charge in [-0.05, 0) is 31.4 Å². The van der Waals surface area contributed by atoms with Crippen LogP contribution in [0.15, 0.2) is 29.4 Å². The second-order valence-electron chi connectivity index (χ2n) is 7.78. The molecular formula is C19H27IN6O. The number of pyridine rings is 1. The molecule has 5 rings (SSSR count).